The number of hydrogen-bond acceptors (Lipinski definition) is 8. The van der Waals surface area contributed by atoms with Crippen LogP contribution in [0.5, 0.6) is 0 Å². The van der Waals surface area contributed by atoms with Gasteiger partial charge in [0.1, 0.15) is 16.5 Å². The minimum atomic E-state index is -4.39. The molecular weight excluding hydrogens is 556 g/mol. The molecule has 5 rings (SSSR count). The maximum atomic E-state index is 14.2. The van der Waals surface area contributed by atoms with E-state index in [4.69, 9.17) is 14.7 Å². The van der Waals surface area contributed by atoms with Crippen LogP contribution < -0.4 is 10.0 Å². The highest BCUT2D eigenvalue weighted by molar-refractivity contribution is 7.92. The van der Waals surface area contributed by atoms with E-state index in [1.165, 1.54) is 17.4 Å². The molecule has 0 atom stereocenters. The summed E-state index contributed by atoms with van der Waals surface area (Å²) in [5.41, 5.74) is 1.88. The van der Waals surface area contributed by atoms with Crippen LogP contribution in [0, 0.1) is 11.6 Å². The van der Waals surface area contributed by atoms with Gasteiger partial charge in [-0.1, -0.05) is 32.9 Å². The SMILES string of the molecule is CC(C)(C)c1nc(-c2cccc(NS(=O)(=O)c3cc(F)ccc3F)c2)c(-c2ccnc(NC3CCOCC3)n2)s1. The summed E-state index contributed by atoms with van der Waals surface area (Å²) in [5.74, 6) is -1.39. The van der Waals surface area contributed by atoms with Gasteiger partial charge in [-0.2, -0.15) is 0 Å². The second kappa shape index (κ2) is 11.2. The lowest BCUT2D eigenvalue weighted by Gasteiger charge is -2.23. The molecule has 0 amide bonds. The summed E-state index contributed by atoms with van der Waals surface area (Å²) in [6.07, 6.45) is 3.44. The third kappa shape index (κ3) is 6.29. The fourth-order valence-electron chi connectivity index (χ4n) is 4.21. The van der Waals surface area contributed by atoms with Gasteiger partial charge in [-0.05, 0) is 49.2 Å². The number of halogens is 2. The first-order valence-electron chi connectivity index (χ1n) is 12.8. The molecule has 0 unspecified atom stereocenters. The lowest BCUT2D eigenvalue weighted by molar-refractivity contribution is 0.0903. The van der Waals surface area contributed by atoms with Gasteiger partial charge in [0.05, 0.1) is 21.3 Å². The number of benzene rings is 2. The average molecular weight is 586 g/mol. The predicted octanol–water partition coefficient (Wildman–Crippen LogP) is 6.23. The maximum absolute atomic E-state index is 14.2. The molecule has 210 valence electrons. The van der Waals surface area contributed by atoms with Gasteiger partial charge in [-0.15, -0.1) is 11.3 Å². The Balaban J connectivity index is 1.51. The summed E-state index contributed by atoms with van der Waals surface area (Å²) in [6, 6.07) is 11.0. The van der Waals surface area contributed by atoms with Crippen LogP contribution in [0.2, 0.25) is 0 Å². The van der Waals surface area contributed by atoms with Crippen LogP contribution in [0.4, 0.5) is 20.4 Å². The zero-order valence-electron chi connectivity index (χ0n) is 22.2. The normalized spacial score (nSPS) is 14.7. The fourth-order valence-corrected chi connectivity index (χ4v) is 6.47. The number of rotatable bonds is 7. The van der Waals surface area contributed by atoms with E-state index in [9.17, 15) is 17.2 Å². The van der Waals surface area contributed by atoms with E-state index in [1.54, 1.807) is 18.3 Å². The van der Waals surface area contributed by atoms with Crippen LogP contribution in [-0.2, 0) is 20.2 Å². The molecule has 40 heavy (non-hydrogen) atoms. The first-order chi connectivity index (χ1) is 19.0. The Labute approximate surface area is 235 Å². The van der Waals surface area contributed by atoms with Crippen molar-refractivity contribution < 1.29 is 21.9 Å². The molecule has 1 aliphatic rings. The van der Waals surface area contributed by atoms with Crippen LogP contribution >= 0.6 is 11.3 Å². The summed E-state index contributed by atoms with van der Waals surface area (Å²) in [6.45, 7) is 7.58. The summed E-state index contributed by atoms with van der Waals surface area (Å²) in [4.78, 5) is 14.1. The summed E-state index contributed by atoms with van der Waals surface area (Å²) in [5, 5.41) is 4.27. The molecule has 2 aromatic heterocycles. The number of ether oxygens (including phenoxy) is 1. The Kier molecular flexibility index (Phi) is 7.85. The Morgan fingerprint density at radius 3 is 2.55 bits per heavy atom. The zero-order chi connectivity index (χ0) is 28.5. The van der Waals surface area contributed by atoms with Crippen molar-refractivity contribution in [3.05, 3.63) is 71.4 Å². The molecule has 0 aliphatic carbocycles. The molecule has 3 heterocycles. The highest BCUT2D eigenvalue weighted by Crippen LogP contribution is 2.41. The molecule has 2 aromatic carbocycles. The van der Waals surface area contributed by atoms with Crippen molar-refractivity contribution in [2.24, 2.45) is 0 Å². The largest absolute Gasteiger partial charge is 0.381 e. The fraction of sp³-hybridized carbons (Fsp3) is 0.321. The number of thiazole rings is 1. The van der Waals surface area contributed by atoms with Gasteiger partial charge >= 0.3 is 0 Å². The van der Waals surface area contributed by atoms with Crippen molar-refractivity contribution >= 4 is 33.0 Å². The first kappa shape index (κ1) is 28.1. The van der Waals surface area contributed by atoms with Crippen LogP contribution in [0.3, 0.4) is 0 Å². The zero-order valence-corrected chi connectivity index (χ0v) is 23.9. The molecule has 8 nitrogen and oxygen atoms in total. The lowest BCUT2D eigenvalue weighted by atomic mass is 9.98. The minimum absolute atomic E-state index is 0.182. The molecule has 4 aromatic rings. The molecule has 12 heteroatoms. The topological polar surface area (TPSA) is 106 Å². The Morgan fingerprint density at radius 2 is 1.80 bits per heavy atom. The molecule has 1 saturated heterocycles. The number of anilines is 2. The third-order valence-corrected chi connectivity index (χ3v) is 9.18. The molecule has 0 spiro atoms. The predicted molar refractivity (Wildman–Crippen MR) is 152 cm³/mol. The molecule has 1 aliphatic heterocycles. The van der Waals surface area contributed by atoms with Crippen LogP contribution in [0.25, 0.3) is 21.8 Å². The lowest BCUT2D eigenvalue weighted by Crippen LogP contribution is -2.28. The van der Waals surface area contributed by atoms with Gasteiger partial charge < -0.3 is 10.1 Å². The van der Waals surface area contributed by atoms with E-state index in [2.05, 4.69) is 35.8 Å². The van der Waals surface area contributed by atoms with Crippen molar-refractivity contribution in [2.75, 3.05) is 23.3 Å². The quantitative estimate of drug-likeness (QED) is 0.265. The standard InChI is InChI=1S/C28H29F2N5O3S2/c1-28(2,3)26-34-24(25(39-26)22-9-12-31-27(33-22)32-19-10-13-38-14-11-19)17-5-4-6-20(15-17)35-40(36,37)23-16-18(29)7-8-21(23)30/h4-9,12,15-16,19,35H,10-11,13-14H2,1-3H3,(H,31,32,33). The van der Waals surface area contributed by atoms with Crippen LogP contribution in [-0.4, -0.2) is 42.6 Å². The third-order valence-electron chi connectivity index (χ3n) is 6.28. The van der Waals surface area contributed by atoms with Crippen molar-refractivity contribution in [1.29, 1.82) is 0 Å². The molecule has 2 N–H and O–H groups in total. The molecular formula is C28H29F2N5O3S2. The van der Waals surface area contributed by atoms with E-state index in [-0.39, 0.29) is 17.1 Å². The van der Waals surface area contributed by atoms with E-state index < -0.39 is 26.6 Å². The van der Waals surface area contributed by atoms with Gasteiger partial charge in [-0.3, -0.25) is 4.72 Å². The maximum Gasteiger partial charge on any atom is 0.264 e. The highest BCUT2D eigenvalue weighted by atomic mass is 32.2. The highest BCUT2D eigenvalue weighted by Gasteiger charge is 2.25. The van der Waals surface area contributed by atoms with Gasteiger partial charge in [0, 0.05) is 42.1 Å². The summed E-state index contributed by atoms with van der Waals surface area (Å²) < 4.78 is 61.5. The second-order valence-electron chi connectivity index (χ2n) is 10.5. The van der Waals surface area contributed by atoms with E-state index in [0.29, 0.717) is 42.2 Å². The summed E-state index contributed by atoms with van der Waals surface area (Å²) >= 11 is 1.51. The van der Waals surface area contributed by atoms with Crippen molar-refractivity contribution in [3.8, 4) is 21.8 Å². The number of aromatic nitrogens is 3. The number of nitrogens with zero attached hydrogens (tertiary/aromatic N) is 3. The molecule has 0 saturated carbocycles. The average Bonchev–Trinajstić information content (AvgIpc) is 3.37. The Morgan fingerprint density at radius 1 is 1.02 bits per heavy atom. The van der Waals surface area contributed by atoms with E-state index in [1.807, 2.05) is 12.1 Å². The van der Waals surface area contributed by atoms with Crippen LogP contribution in [0.1, 0.15) is 38.6 Å². The van der Waals surface area contributed by atoms with Gasteiger partial charge in [0.25, 0.3) is 10.0 Å². The number of hydrogen-bond donors (Lipinski definition) is 2. The van der Waals surface area contributed by atoms with E-state index >= 15 is 0 Å². The van der Waals surface area contributed by atoms with Gasteiger partial charge in [0.2, 0.25) is 5.95 Å². The van der Waals surface area contributed by atoms with Crippen molar-refractivity contribution in [3.63, 3.8) is 0 Å². The smallest absolute Gasteiger partial charge is 0.264 e. The van der Waals surface area contributed by atoms with E-state index in [0.717, 1.165) is 34.9 Å². The summed E-state index contributed by atoms with van der Waals surface area (Å²) in [7, 11) is -4.39. The Hall–Kier alpha value is -3.48. The number of nitrogens with one attached hydrogen (secondary N) is 2. The molecule has 1 fully saturated rings. The monoisotopic (exact) mass is 585 g/mol. The second-order valence-corrected chi connectivity index (χ2v) is 13.2. The first-order valence-corrected chi connectivity index (χ1v) is 15.1. The minimum Gasteiger partial charge on any atom is -0.381 e. The van der Waals surface area contributed by atoms with Gasteiger partial charge in [0.15, 0.2) is 0 Å². The van der Waals surface area contributed by atoms with Crippen LogP contribution in [0.15, 0.2) is 59.6 Å². The molecule has 0 radical (unpaired) electrons. The van der Waals surface area contributed by atoms with Gasteiger partial charge in [-0.25, -0.2) is 32.2 Å². The molecule has 0 bridgehead atoms. The number of sulfonamides is 1. The Bertz CT molecular complexity index is 1630. The van der Waals surface area contributed by atoms with Crippen molar-refractivity contribution in [1.82, 2.24) is 15.0 Å². The van der Waals surface area contributed by atoms with Crippen molar-refractivity contribution in [2.45, 2.75) is 50.0 Å².